The Morgan fingerprint density at radius 3 is 2.22 bits per heavy atom. The van der Waals surface area contributed by atoms with Crippen LogP contribution in [0.4, 0.5) is 5.69 Å². The van der Waals surface area contributed by atoms with Gasteiger partial charge in [-0.3, -0.25) is 4.79 Å². The first-order chi connectivity index (χ1) is 11.0. The molecular formula is C16H12ClN3O3. The van der Waals surface area contributed by atoms with Crippen molar-refractivity contribution in [1.82, 2.24) is 0 Å². The number of ketones is 1. The van der Waals surface area contributed by atoms with E-state index in [9.17, 15) is 9.59 Å². The molecule has 0 aliphatic heterocycles. The number of benzene rings is 2. The number of azide groups is 1. The quantitative estimate of drug-likeness (QED) is 0.261. The average Bonchev–Trinajstić information content (AvgIpc) is 2.55. The van der Waals surface area contributed by atoms with Gasteiger partial charge >= 0.3 is 5.97 Å². The van der Waals surface area contributed by atoms with E-state index in [0.717, 1.165) is 0 Å². The monoisotopic (exact) mass is 329 g/mol. The molecule has 2 rings (SSSR count). The van der Waals surface area contributed by atoms with Crippen LogP contribution in [-0.2, 0) is 4.74 Å². The van der Waals surface area contributed by atoms with E-state index in [1.807, 2.05) is 0 Å². The fraction of sp³-hybridized carbons (Fsp3) is 0.125. The van der Waals surface area contributed by atoms with Crippen molar-refractivity contribution in [1.29, 1.82) is 0 Å². The van der Waals surface area contributed by atoms with Crippen LogP contribution < -0.4 is 0 Å². The van der Waals surface area contributed by atoms with E-state index in [-0.39, 0.29) is 11.3 Å². The summed E-state index contributed by atoms with van der Waals surface area (Å²) in [7, 11) is 0. The first-order valence-corrected chi connectivity index (χ1v) is 7.05. The highest BCUT2D eigenvalue weighted by Crippen LogP contribution is 2.16. The Balaban J connectivity index is 2.05. The molecule has 0 radical (unpaired) electrons. The van der Waals surface area contributed by atoms with Crippen molar-refractivity contribution in [2.45, 2.75) is 13.0 Å². The maximum Gasteiger partial charge on any atom is 0.338 e. The summed E-state index contributed by atoms with van der Waals surface area (Å²) >= 11 is 5.77. The highest BCUT2D eigenvalue weighted by molar-refractivity contribution is 6.30. The molecule has 1 unspecified atom stereocenters. The van der Waals surface area contributed by atoms with Crippen LogP contribution in [0, 0.1) is 0 Å². The van der Waals surface area contributed by atoms with Crippen LogP contribution in [0.3, 0.4) is 0 Å². The van der Waals surface area contributed by atoms with Gasteiger partial charge in [0.2, 0.25) is 5.78 Å². The molecule has 0 heterocycles. The highest BCUT2D eigenvalue weighted by atomic mass is 35.5. The van der Waals surface area contributed by atoms with Crippen LogP contribution in [0.25, 0.3) is 10.4 Å². The summed E-state index contributed by atoms with van der Waals surface area (Å²) in [6.45, 7) is 1.50. The third kappa shape index (κ3) is 4.32. The van der Waals surface area contributed by atoms with Crippen molar-refractivity contribution >= 4 is 29.0 Å². The average molecular weight is 330 g/mol. The Kier molecular flexibility index (Phi) is 5.36. The highest BCUT2D eigenvalue weighted by Gasteiger charge is 2.20. The molecule has 0 fully saturated rings. The summed E-state index contributed by atoms with van der Waals surface area (Å²) in [5.41, 5.74) is 9.38. The number of carbonyl (C=O) groups excluding carboxylic acids is 2. The van der Waals surface area contributed by atoms with Crippen LogP contribution in [0.2, 0.25) is 5.02 Å². The van der Waals surface area contributed by atoms with Crippen molar-refractivity contribution in [3.8, 4) is 0 Å². The van der Waals surface area contributed by atoms with E-state index in [2.05, 4.69) is 10.0 Å². The summed E-state index contributed by atoms with van der Waals surface area (Å²) in [4.78, 5) is 26.8. The number of Topliss-reactive ketones (excluding diaryl/α,β-unsaturated/α-hetero) is 1. The summed E-state index contributed by atoms with van der Waals surface area (Å²) in [5.74, 6) is -0.951. The van der Waals surface area contributed by atoms with Crippen LogP contribution in [-0.4, -0.2) is 17.9 Å². The first-order valence-electron chi connectivity index (χ1n) is 6.67. The second-order valence-corrected chi connectivity index (χ2v) is 5.09. The fourth-order valence-corrected chi connectivity index (χ4v) is 1.97. The van der Waals surface area contributed by atoms with Crippen molar-refractivity contribution in [2.24, 2.45) is 5.11 Å². The molecule has 2 aromatic rings. The second kappa shape index (κ2) is 7.45. The first kappa shape index (κ1) is 16.5. The number of halogens is 1. The Labute approximate surface area is 137 Å². The number of hydrogen-bond acceptors (Lipinski definition) is 4. The number of ether oxygens (including phenoxy) is 1. The molecule has 0 saturated carbocycles. The molecule has 0 amide bonds. The van der Waals surface area contributed by atoms with Crippen LogP contribution in [0.15, 0.2) is 53.6 Å². The van der Waals surface area contributed by atoms with Crippen molar-refractivity contribution in [3.05, 3.63) is 75.1 Å². The minimum Gasteiger partial charge on any atom is -0.451 e. The molecule has 6 nitrogen and oxygen atoms in total. The minimum absolute atomic E-state index is 0.262. The molecule has 0 spiro atoms. The SMILES string of the molecule is CC(OC(=O)c1ccc(N=[N+]=[N-])cc1)C(=O)c1ccc(Cl)cc1. The predicted octanol–water partition coefficient (Wildman–Crippen LogP) is 4.71. The van der Waals surface area contributed by atoms with Gasteiger partial charge in [-0.25, -0.2) is 4.79 Å². The zero-order valence-corrected chi connectivity index (χ0v) is 12.9. The molecular weight excluding hydrogens is 318 g/mol. The Bertz CT molecular complexity index is 766. The van der Waals surface area contributed by atoms with Crippen molar-refractivity contribution in [2.75, 3.05) is 0 Å². The predicted molar refractivity (Wildman–Crippen MR) is 85.9 cm³/mol. The van der Waals surface area contributed by atoms with E-state index < -0.39 is 12.1 Å². The summed E-state index contributed by atoms with van der Waals surface area (Å²) < 4.78 is 5.16. The lowest BCUT2D eigenvalue weighted by atomic mass is 10.1. The number of esters is 1. The van der Waals surface area contributed by atoms with E-state index in [1.165, 1.54) is 31.2 Å². The second-order valence-electron chi connectivity index (χ2n) is 4.65. The molecule has 0 N–H and O–H groups in total. The third-order valence-corrected chi connectivity index (χ3v) is 3.30. The molecule has 0 aromatic heterocycles. The maximum atomic E-state index is 12.2. The van der Waals surface area contributed by atoms with Gasteiger partial charge in [0.1, 0.15) is 0 Å². The topological polar surface area (TPSA) is 92.1 Å². The minimum atomic E-state index is -0.930. The van der Waals surface area contributed by atoms with Gasteiger partial charge in [0, 0.05) is 21.2 Å². The summed E-state index contributed by atoms with van der Waals surface area (Å²) in [5, 5.41) is 3.93. The van der Waals surface area contributed by atoms with Gasteiger partial charge in [-0.05, 0) is 48.9 Å². The number of carbonyl (C=O) groups is 2. The Morgan fingerprint density at radius 1 is 1.09 bits per heavy atom. The van der Waals surface area contributed by atoms with Gasteiger partial charge in [-0.1, -0.05) is 28.8 Å². The molecule has 0 saturated heterocycles. The molecule has 116 valence electrons. The lowest BCUT2D eigenvalue weighted by molar-refractivity contribution is 0.0319. The van der Waals surface area contributed by atoms with Gasteiger partial charge in [-0.2, -0.15) is 0 Å². The van der Waals surface area contributed by atoms with Crippen molar-refractivity contribution < 1.29 is 14.3 Å². The van der Waals surface area contributed by atoms with Crippen molar-refractivity contribution in [3.63, 3.8) is 0 Å². The fourth-order valence-electron chi connectivity index (χ4n) is 1.85. The standard InChI is InChI=1S/C16H12ClN3O3/c1-10(15(21)11-2-6-13(17)7-3-11)23-16(22)12-4-8-14(9-5-12)19-20-18/h2-10H,1H3. The smallest absolute Gasteiger partial charge is 0.338 e. The normalized spacial score (nSPS) is 11.2. The number of hydrogen-bond donors (Lipinski definition) is 0. The number of rotatable bonds is 5. The van der Waals surface area contributed by atoms with Gasteiger partial charge in [0.25, 0.3) is 0 Å². The van der Waals surface area contributed by atoms with Gasteiger partial charge in [0.05, 0.1) is 5.56 Å². The van der Waals surface area contributed by atoms with E-state index in [1.54, 1.807) is 24.3 Å². The molecule has 2 aromatic carbocycles. The van der Waals surface area contributed by atoms with E-state index in [4.69, 9.17) is 21.9 Å². The van der Waals surface area contributed by atoms with Crippen LogP contribution in [0.5, 0.6) is 0 Å². The van der Waals surface area contributed by atoms with Crippen LogP contribution in [0.1, 0.15) is 27.6 Å². The molecule has 7 heteroatoms. The Morgan fingerprint density at radius 2 is 1.65 bits per heavy atom. The van der Waals surface area contributed by atoms with E-state index in [0.29, 0.717) is 16.3 Å². The largest absolute Gasteiger partial charge is 0.451 e. The Hall–Kier alpha value is -2.82. The van der Waals surface area contributed by atoms with E-state index >= 15 is 0 Å². The molecule has 1 atom stereocenters. The van der Waals surface area contributed by atoms with Gasteiger partial charge < -0.3 is 4.74 Å². The lowest BCUT2D eigenvalue weighted by Gasteiger charge is -2.12. The molecule has 0 bridgehead atoms. The summed E-state index contributed by atoms with van der Waals surface area (Å²) in [6.07, 6.45) is -0.930. The van der Waals surface area contributed by atoms with Crippen LogP contribution >= 0.6 is 11.6 Å². The summed E-state index contributed by atoms with van der Waals surface area (Å²) in [6, 6.07) is 12.2. The molecule has 0 aliphatic rings. The lowest BCUT2D eigenvalue weighted by Crippen LogP contribution is -2.24. The number of nitrogens with zero attached hydrogens (tertiary/aromatic N) is 3. The zero-order valence-electron chi connectivity index (χ0n) is 12.1. The zero-order chi connectivity index (χ0) is 16.8. The maximum absolute atomic E-state index is 12.2. The molecule has 0 aliphatic carbocycles. The third-order valence-electron chi connectivity index (χ3n) is 3.04. The van der Waals surface area contributed by atoms with Gasteiger partial charge in [-0.15, -0.1) is 0 Å². The van der Waals surface area contributed by atoms with Gasteiger partial charge in [0.15, 0.2) is 6.10 Å². The molecule has 23 heavy (non-hydrogen) atoms.